The van der Waals surface area contributed by atoms with Crippen LogP contribution in [0, 0.1) is 11.3 Å². The third kappa shape index (κ3) is 2.01. The molecule has 1 N–H and O–H groups in total. The second-order valence-corrected chi connectivity index (χ2v) is 4.52. The Hall–Kier alpha value is -0.0400. The van der Waals surface area contributed by atoms with Crippen molar-refractivity contribution in [3.05, 3.63) is 0 Å². The van der Waals surface area contributed by atoms with Gasteiger partial charge in [0.1, 0.15) is 0 Å². The van der Waals surface area contributed by atoms with Crippen molar-refractivity contribution in [2.75, 3.05) is 13.6 Å². The number of rotatable bonds is 4. The molecule has 72 valence electrons. The molecular formula is C11H23N. The first-order chi connectivity index (χ1) is 5.73. The highest BCUT2D eigenvalue weighted by atomic mass is 14.8. The minimum absolute atomic E-state index is 0.561. The molecule has 1 aliphatic carbocycles. The predicted octanol–water partition coefficient (Wildman–Crippen LogP) is 2.81. The molecule has 1 heteroatoms. The lowest BCUT2D eigenvalue weighted by molar-refractivity contribution is 0.178. The number of hydrogen-bond acceptors (Lipinski definition) is 1. The van der Waals surface area contributed by atoms with Crippen LogP contribution in [0.1, 0.15) is 46.0 Å². The van der Waals surface area contributed by atoms with Crippen LogP contribution in [0.5, 0.6) is 0 Å². The van der Waals surface area contributed by atoms with Crippen molar-refractivity contribution in [1.82, 2.24) is 5.32 Å². The fraction of sp³-hybridized carbons (Fsp3) is 1.00. The first-order valence-electron chi connectivity index (χ1n) is 5.37. The van der Waals surface area contributed by atoms with Gasteiger partial charge in [0, 0.05) is 6.54 Å². The van der Waals surface area contributed by atoms with E-state index < -0.39 is 0 Å². The molecule has 1 fully saturated rings. The maximum absolute atomic E-state index is 3.34. The Morgan fingerprint density at radius 3 is 2.33 bits per heavy atom. The average Bonchev–Trinajstić information content (AvgIpc) is 2.57. The van der Waals surface area contributed by atoms with E-state index in [1.807, 2.05) is 0 Å². The molecule has 1 unspecified atom stereocenters. The number of nitrogens with one attached hydrogen (secondary N) is 1. The van der Waals surface area contributed by atoms with Gasteiger partial charge in [0.15, 0.2) is 0 Å². The standard InChI is InChI=1S/C11H23N/c1-4-11(2,9-12-3)10-7-5-6-8-10/h10,12H,4-9H2,1-3H3. The molecule has 0 aromatic heterocycles. The molecule has 1 nitrogen and oxygen atoms in total. The summed E-state index contributed by atoms with van der Waals surface area (Å²) in [7, 11) is 2.07. The van der Waals surface area contributed by atoms with Gasteiger partial charge in [-0.25, -0.2) is 0 Å². The van der Waals surface area contributed by atoms with Gasteiger partial charge >= 0.3 is 0 Å². The fourth-order valence-corrected chi connectivity index (χ4v) is 2.58. The van der Waals surface area contributed by atoms with Crippen LogP contribution in [0.3, 0.4) is 0 Å². The van der Waals surface area contributed by atoms with E-state index in [9.17, 15) is 0 Å². The Labute approximate surface area is 76.9 Å². The maximum Gasteiger partial charge on any atom is 0.000471 e. The van der Waals surface area contributed by atoms with Crippen LogP contribution >= 0.6 is 0 Å². The fourth-order valence-electron chi connectivity index (χ4n) is 2.58. The smallest absolute Gasteiger partial charge is 0.000471 e. The second kappa shape index (κ2) is 4.27. The van der Waals surface area contributed by atoms with Crippen molar-refractivity contribution >= 4 is 0 Å². The van der Waals surface area contributed by atoms with Gasteiger partial charge in [-0.05, 0) is 37.6 Å². The summed E-state index contributed by atoms with van der Waals surface area (Å²) < 4.78 is 0. The first-order valence-corrected chi connectivity index (χ1v) is 5.37. The van der Waals surface area contributed by atoms with Gasteiger partial charge in [-0.2, -0.15) is 0 Å². The van der Waals surface area contributed by atoms with Crippen molar-refractivity contribution in [1.29, 1.82) is 0 Å². The van der Waals surface area contributed by atoms with Crippen molar-refractivity contribution in [3.8, 4) is 0 Å². The third-order valence-electron chi connectivity index (χ3n) is 3.73. The molecule has 0 saturated heterocycles. The summed E-state index contributed by atoms with van der Waals surface area (Å²) in [6, 6.07) is 0. The van der Waals surface area contributed by atoms with Gasteiger partial charge < -0.3 is 5.32 Å². The van der Waals surface area contributed by atoms with Crippen molar-refractivity contribution in [2.45, 2.75) is 46.0 Å². The Morgan fingerprint density at radius 2 is 1.92 bits per heavy atom. The molecule has 1 aliphatic rings. The molecule has 0 aliphatic heterocycles. The monoisotopic (exact) mass is 169 g/mol. The van der Waals surface area contributed by atoms with Crippen LogP contribution in [-0.2, 0) is 0 Å². The predicted molar refractivity (Wildman–Crippen MR) is 54.3 cm³/mol. The highest BCUT2D eigenvalue weighted by molar-refractivity contribution is 4.85. The zero-order chi connectivity index (χ0) is 9.03. The first kappa shape index (κ1) is 10.0. The lowest BCUT2D eigenvalue weighted by Crippen LogP contribution is -2.35. The molecule has 0 heterocycles. The van der Waals surface area contributed by atoms with Crippen LogP contribution in [0.15, 0.2) is 0 Å². The Morgan fingerprint density at radius 1 is 1.33 bits per heavy atom. The highest BCUT2D eigenvalue weighted by Gasteiger charge is 2.33. The van der Waals surface area contributed by atoms with Gasteiger partial charge in [0.25, 0.3) is 0 Å². The molecule has 1 rings (SSSR count). The highest BCUT2D eigenvalue weighted by Crippen LogP contribution is 2.41. The van der Waals surface area contributed by atoms with Crippen LogP contribution in [-0.4, -0.2) is 13.6 Å². The van der Waals surface area contributed by atoms with Gasteiger partial charge in [-0.15, -0.1) is 0 Å². The second-order valence-electron chi connectivity index (χ2n) is 4.52. The maximum atomic E-state index is 3.34. The summed E-state index contributed by atoms with van der Waals surface area (Å²) in [4.78, 5) is 0. The molecule has 12 heavy (non-hydrogen) atoms. The van der Waals surface area contributed by atoms with Gasteiger partial charge in [-0.3, -0.25) is 0 Å². The lowest BCUT2D eigenvalue weighted by Gasteiger charge is -2.34. The molecule has 1 saturated carbocycles. The minimum Gasteiger partial charge on any atom is -0.319 e. The molecular weight excluding hydrogens is 146 g/mol. The van der Waals surface area contributed by atoms with E-state index in [0.29, 0.717) is 5.41 Å². The molecule has 0 spiro atoms. The summed E-state index contributed by atoms with van der Waals surface area (Å²) in [5.74, 6) is 0.981. The number of hydrogen-bond donors (Lipinski definition) is 1. The largest absolute Gasteiger partial charge is 0.319 e. The van der Waals surface area contributed by atoms with E-state index in [4.69, 9.17) is 0 Å². The van der Waals surface area contributed by atoms with Gasteiger partial charge in [-0.1, -0.05) is 26.7 Å². The average molecular weight is 169 g/mol. The quantitative estimate of drug-likeness (QED) is 0.682. The van der Waals surface area contributed by atoms with E-state index in [1.165, 1.54) is 38.6 Å². The van der Waals surface area contributed by atoms with Crippen molar-refractivity contribution in [3.63, 3.8) is 0 Å². The molecule has 0 bridgehead atoms. The Kier molecular flexibility index (Phi) is 3.57. The summed E-state index contributed by atoms with van der Waals surface area (Å²) in [6.07, 6.45) is 7.17. The zero-order valence-electron chi connectivity index (χ0n) is 8.82. The van der Waals surface area contributed by atoms with Gasteiger partial charge in [0.2, 0.25) is 0 Å². The molecule has 0 aromatic carbocycles. The van der Waals surface area contributed by atoms with E-state index in [2.05, 4.69) is 26.2 Å². The normalized spacial score (nSPS) is 24.2. The van der Waals surface area contributed by atoms with E-state index in [-0.39, 0.29) is 0 Å². The van der Waals surface area contributed by atoms with Crippen LogP contribution in [0.4, 0.5) is 0 Å². The lowest BCUT2D eigenvalue weighted by atomic mass is 9.74. The minimum atomic E-state index is 0.561. The van der Waals surface area contributed by atoms with E-state index in [0.717, 1.165) is 5.92 Å². The SMILES string of the molecule is CCC(C)(CNC)C1CCCC1. The van der Waals surface area contributed by atoms with Crippen LogP contribution < -0.4 is 5.32 Å². The summed E-state index contributed by atoms with van der Waals surface area (Å²) in [5.41, 5.74) is 0.561. The van der Waals surface area contributed by atoms with Gasteiger partial charge in [0.05, 0.1) is 0 Å². The Balaban J connectivity index is 2.51. The topological polar surface area (TPSA) is 12.0 Å². The zero-order valence-corrected chi connectivity index (χ0v) is 8.82. The van der Waals surface area contributed by atoms with Crippen molar-refractivity contribution < 1.29 is 0 Å². The molecule has 0 radical (unpaired) electrons. The Bertz CT molecular complexity index is 127. The van der Waals surface area contributed by atoms with Crippen LogP contribution in [0.25, 0.3) is 0 Å². The molecule has 0 aromatic rings. The van der Waals surface area contributed by atoms with Crippen molar-refractivity contribution in [2.24, 2.45) is 11.3 Å². The molecule has 0 amide bonds. The summed E-state index contributed by atoms with van der Waals surface area (Å²) in [5, 5.41) is 3.34. The summed E-state index contributed by atoms with van der Waals surface area (Å²) in [6.45, 7) is 5.96. The molecule has 1 atom stereocenters. The summed E-state index contributed by atoms with van der Waals surface area (Å²) >= 11 is 0. The third-order valence-corrected chi connectivity index (χ3v) is 3.73. The van der Waals surface area contributed by atoms with E-state index in [1.54, 1.807) is 0 Å². The van der Waals surface area contributed by atoms with Crippen LogP contribution in [0.2, 0.25) is 0 Å². The van der Waals surface area contributed by atoms with E-state index >= 15 is 0 Å².